The Kier molecular flexibility index (Phi) is 6.72. The number of fused-ring (bicyclic) bond motifs is 1. The number of hydrogen-bond donors (Lipinski definition) is 0. The maximum absolute atomic E-state index is 13.3. The molecule has 1 amide bonds. The fraction of sp³-hybridized carbons (Fsp3) is 0.650. The molecule has 1 aromatic rings. The largest absolute Gasteiger partial charge is 0.496 e. The molecule has 0 saturated carbocycles. The fourth-order valence-corrected chi connectivity index (χ4v) is 3.96. The van der Waals surface area contributed by atoms with Crippen LogP contribution in [-0.2, 0) is 22.5 Å². The van der Waals surface area contributed by atoms with Gasteiger partial charge in [-0.3, -0.25) is 19.3 Å². The molecule has 0 aromatic carbocycles. The van der Waals surface area contributed by atoms with Crippen LogP contribution in [0.3, 0.4) is 0 Å². The Morgan fingerprint density at radius 2 is 1.82 bits per heavy atom. The Bertz CT molecular complexity index is 781. The summed E-state index contributed by atoms with van der Waals surface area (Å²) in [5, 5.41) is 0. The van der Waals surface area contributed by atoms with E-state index in [1.807, 2.05) is 4.90 Å². The Labute approximate surface area is 165 Å². The summed E-state index contributed by atoms with van der Waals surface area (Å²) >= 11 is 0. The van der Waals surface area contributed by atoms with E-state index < -0.39 is 0 Å². The first-order valence-corrected chi connectivity index (χ1v) is 10.0. The predicted octanol–water partition coefficient (Wildman–Crippen LogP) is 0.904. The van der Waals surface area contributed by atoms with E-state index in [1.165, 1.54) is 13.2 Å². The number of hydrogen-bond acceptors (Lipinski definition) is 6. The van der Waals surface area contributed by atoms with Crippen molar-refractivity contribution < 1.29 is 19.1 Å². The summed E-state index contributed by atoms with van der Waals surface area (Å²) in [4.78, 5) is 41.2. The first-order valence-electron chi connectivity index (χ1n) is 10.0. The van der Waals surface area contributed by atoms with Crippen molar-refractivity contribution in [2.45, 2.75) is 39.2 Å². The minimum absolute atomic E-state index is 0.0988. The Hall–Kier alpha value is -2.35. The average molecular weight is 391 g/mol. The van der Waals surface area contributed by atoms with E-state index >= 15 is 0 Å². The highest BCUT2D eigenvalue weighted by Crippen LogP contribution is 2.26. The SMILES string of the molecule is CCOC(=O)CN1CCN(C(=O)c2c(OC)cc(=O)n3c2CCCCC3)CC1. The molecule has 3 rings (SSSR count). The minimum Gasteiger partial charge on any atom is -0.496 e. The van der Waals surface area contributed by atoms with Crippen LogP contribution in [0.4, 0.5) is 0 Å². The van der Waals surface area contributed by atoms with Crippen molar-refractivity contribution in [3.05, 3.63) is 27.7 Å². The van der Waals surface area contributed by atoms with Gasteiger partial charge >= 0.3 is 5.97 Å². The van der Waals surface area contributed by atoms with Gasteiger partial charge in [-0.25, -0.2) is 0 Å². The van der Waals surface area contributed by atoms with Gasteiger partial charge in [-0.05, 0) is 26.2 Å². The molecular weight excluding hydrogens is 362 g/mol. The number of nitrogens with zero attached hydrogens (tertiary/aromatic N) is 3. The second-order valence-electron chi connectivity index (χ2n) is 7.21. The number of aromatic nitrogens is 1. The summed E-state index contributed by atoms with van der Waals surface area (Å²) in [6.45, 7) is 5.33. The van der Waals surface area contributed by atoms with Gasteiger partial charge in [0.25, 0.3) is 11.5 Å². The zero-order valence-electron chi connectivity index (χ0n) is 16.7. The normalized spacial score (nSPS) is 17.6. The standard InChI is InChI=1S/C20H29N3O5/c1-3-28-18(25)14-21-9-11-22(12-10-21)20(26)19-15-7-5-4-6-8-23(15)17(24)13-16(19)27-2/h13H,3-12,14H2,1-2H3. The van der Waals surface area contributed by atoms with Crippen molar-refractivity contribution in [3.63, 3.8) is 0 Å². The van der Waals surface area contributed by atoms with E-state index in [0.29, 0.717) is 57.1 Å². The Morgan fingerprint density at radius 3 is 2.50 bits per heavy atom. The van der Waals surface area contributed by atoms with Crippen molar-refractivity contribution >= 4 is 11.9 Å². The van der Waals surface area contributed by atoms with E-state index in [9.17, 15) is 14.4 Å². The molecule has 0 spiro atoms. The highest BCUT2D eigenvalue weighted by molar-refractivity contribution is 5.98. The second kappa shape index (κ2) is 9.23. The lowest BCUT2D eigenvalue weighted by Gasteiger charge is -2.34. The molecule has 0 bridgehead atoms. The molecule has 1 fully saturated rings. The molecule has 8 nitrogen and oxygen atoms in total. The molecule has 0 atom stereocenters. The van der Waals surface area contributed by atoms with Gasteiger partial charge in [0.2, 0.25) is 0 Å². The number of ether oxygens (including phenoxy) is 2. The fourth-order valence-electron chi connectivity index (χ4n) is 3.96. The van der Waals surface area contributed by atoms with Gasteiger partial charge in [-0.1, -0.05) is 6.42 Å². The van der Waals surface area contributed by atoms with Crippen LogP contribution in [0.1, 0.15) is 42.2 Å². The molecule has 1 saturated heterocycles. The summed E-state index contributed by atoms with van der Waals surface area (Å²) in [6.07, 6.45) is 3.65. The zero-order valence-corrected chi connectivity index (χ0v) is 16.7. The quantitative estimate of drug-likeness (QED) is 0.694. The molecule has 154 valence electrons. The molecule has 8 heteroatoms. The minimum atomic E-state index is -0.239. The average Bonchev–Trinajstić information content (AvgIpc) is 2.94. The van der Waals surface area contributed by atoms with Crippen LogP contribution in [0.2, 0.25) is 0 Å². The predicted molar refractivity (Wildman–Crippen MR) is 104 cm³/mol. The molecule has 3 heterocycles. The first-order chi connectivity index (χ1) is 13.5. The summed E-state index contributed by atoms with van der Waals surface area (Å²) in [7, 11) is 1.50. The first kappa shape index (κ1) is 20.4. The number of carbonyl (C=O) groups is 2. The number of piperazine rings is 1. The monoisotopic (exact) mass is 391 g/mol. The second-order valence-corrected chi connectivity index (χ2v) is 7.21. The molecular formula is C20H29N3O5. The van der Waals surface area contributed by atoms with Crippen LogP contribution in [-0.4, -0.2) is 72.7 Å². The number of pyridine rings is 1. The highest BCUT2D eigenvalue weighted by Gasteiger charge is 2.29. The van der Waals surface area contributed by atoms with Gasteiger partial charge in [0.05, 0.1) is 20.3 Å². The zero-order chi connectivity index (χ0) is 20.1. The lowest BCUT2D eigenvalue weighted by Crippen LogP contribution is -2.50. The number of rotatable bonds is 5. The van der Waals surface area contributed by atoms with Crippen molar-refractivity contribution in [2.24, 2.45) is 0 Å². The van der Waals surface area contributed by atoms with E-state index in [-0.39, 0.29) is 24.0 Å². The van der Waals surface area contributed by atoms with Gasteiger partial charge in [-0.15, -0.1) is 0 Å². The van der Waals surface area contributed by atoms with Gasteiger partial charge in [0, 0.05) is 44.5 Å². The van der Waals surface area contributed by atoms with Gasteiger partial charge in [-0.2, -0.15) is 0 Å². The van der Waals surface area contributed by atoms with Crippen molar-refractivity contribution in [1.82, 2.24) is 14.4 Å². The topological polar surface area (TPSA) is 81.1 Å². The summed E-state index contributed by atoms with van der Waals surface area (Å²) in [6, 6.07) is 1.43. The van der Waals surface area contributed by atoms with Crippen LogP contribution in [0.25, 0.3) is 0 Å². The Morgan fingerprint density at radius 1 is 1.07 bits per heavy atom. The smallest absolute Gasteiger partial charge is 0.320 e. The van der Waals surface area contributed by atoms with Gasteiger partial charge < -0.3 is 18.9 Å². The molecule has 2 aliphatic heterocycles. The van der Waals surface area contributed by atoms with Crippen molar-refractivity contribution in [1.29, 1.82) is 0 Å². The van der Waals surface area contributed by atoms with Crippen LogP contribution in [0, 0.1) is 0 Å². The molecule has 0 unspecified atom stereocenters. The summed E-state index contributed by atoms with van der Waals surface area (Å²) < 4.78 is 12.1. The van der Waals surface area contributed by atoms with E-state index in [2.05, 4.69) is 0 Å². The maximum Gasteiger partial charge on any atom is 0.320 e. The van der Waals surface area contributed by atoms with Crippen LogP contribution in [0.15, 0.2) is 10.9 Å². The number of amides is 1. The summed E-state index contributed by atoms with van der Waals surface area (Å²) in [5.74, 6) is 0.0205. The third kappa shape index (κ3) is 4.38. The van der Waals surface area contributed by atoms with Gasteiger partial charge in [0.1, 0.15) is 11.3 Å². The molecule has 1 aromatic heterocycles. The van der Waals surface area contributed by atoms with E-state index in [0.717, 1.165) is 25.0 Å². The number of carbonyl (C=O) groups excluding carboxylic acids is 2. The number of esters is 1. The maximum atomic E-state index is 13.3. The highest BCUT2D eigenvalue weighted by atomic mass is 16.5. The molecule has 0 radical (unpaired) electrons. The summed E-state index contributed by atoms with van der Waals surface area (Å²) in [5.41, 5.74) is 1.20. The molecule has 0 N–H and O–H groups in total. The third-order valence-electron chi connectivity index (χ3n) is 5.43. The van der Waals surface area contributed by atoms with Crippen LogP contribution < -0.4 is 10.3 Å². The third-order valence-corrected chi connectivity index (χ3v) is 5.43. The Balaban J connectivity index is 1.78. The van der Waals surface area contributed by atoms with E-state index in [4.69, 9.17) is 9.47 Å². The van der Waals surface area contributed by atoms with Gasteiger partial charge in [0.15, 0.2) is 0 Å². The van der Waals surface area contributed by atoms with E-state index in [1.54, 1.807) is 16.4 Å². The van der Waals surface area contributed by atoms with Crippen LogP contribution >= 0.6 is 0 Å². The van der Waals surface area contributed by atoms with Crippen LogP contribution in [0.5, 0.6) is 5.75 Å². The molecule has 2 aliphatic rings. The lowest BCUT2D eigenvalue weighted by atomic mass is 10.1. The number of methoxy groups -OCH3 is 1. The lowest BCUT2D eigenvalue weighted by molar-refractivity contribution is -0.144. The molecule has 0 aliphatic carbocycles. The molecule has 28 heavy (non-hydrogen) atoms. The van der Waals surface area contributed by atoms with Crippen molar-refractivity contribution in [3.8, 4) is 5.75 Å². The van der Waals surface area contributed by atoms with Crippen molar-refractivity contribution in [2.75, 3.05) is 46.4 Å².